The normalized spacial score (nSPS) is 16.0. The van der Waals surface area contributed by atoms with Crippen LogP contribution < -0.4 is 16.0 Å². The Kier molecular flexibility index (Phi) is 4.41. The number of primary amides is 1. The van der Waals surface area contributed by atoms with E-state index in [4.69, 9.17) is 17.3 Å². The Morgan fingerprint density at radius 3 is 2.81 bits per heavy atom. The molecule has 4 rings (SSSR count). The van der Waals surface area contributed by atoms with Crippen LogP contribution in [0, 0.1) is 0 Å². The summed E-state index contributed by atoms with van der Waals surface area (Å²) >= 11 is 6.14. The highest BCUT2D eigenvalue weighted by Crippen LogP contribution is 2.38. The standard InChI is InChI=1S/C20H17ClN4O2/c21-13-5-6-18-16(9-13)15(7-8-25(18)20(22)27)19(26)24-17-11-23-10-12-3-1-2-4-14(12)17/h1-6,9-11,15H,7-8H2,(H2,22,27)(H,24,26). The Balaban J connectivity index is 1.69. The number of pyridine rings is 1. The number of rotatable bonds is 2. The number of fused-ring (bicyclic) bond motifs is 2. The van der Waals surface area contributed by atoms with Crippen molar-refractivity contribution in [2.24, 2.45) is 5.73 Å². The predicted molar refractivity (Wildman–Crippen MR) is 106 cm³/mol. The molecule has 6 nitrogen and oxygen atoms in total. The molecule has 0 saturated heterocycles. The van der Waals surface area contributed by atoms with E-state index in [1.54, 1.807) is 30.6 Å². The molecule has 0 fully saturated rings. The zero-order valence-electron chi connectivity index (χ0n) is 14.4. The van der Waals surface area contributed by atoms with Gasteiger partial charge in [-0.05, 0) is 30.2 Å². The van der Waals surface area contributed by atoms with Crippen LogP contribution in [-0.2, 0) is 4.79 Å². The van der Waals surface area contributed by atoms with Gasteiger partial charge in [-0.2, -0.15) is 0 Å². The molecule has 0 spiro atoms. The third-order valence-corrected chi connectivity index (χ3v) is 5.04. The van der Waals surface area contributed by atoms with E-state index < -0.39 is 11.9 Å². The molecule has 27 heavy (non-hydrogen) atoms. The summed E-state index contributed by atoms with van der Waals surface area (Å²) in [5.41, 5.74) is 7.44. The Hall–Kier alpha value is -3.12. The summed E-state index contributed by atoms with van der Waals surface area (Å²) < 4.78 is 0. The van der Waals surface area contributed by atoms with Crippen LogP contribution in [0.4, 0.5) is 16.2 Å². The van der Waals surface area contributed by atoms with Crippen LogP contribution in [-0.4, -0.2) is 23.5 Å². The monoisotopic (exact) mass is 380 g/mol. The van der Waals surface area contributed by atoms with Gasteiger partial charge in [-0.15, -0.1) is 0 Å². The number of anilines is 2. The molecule has 3 N–H and O–H groups in total. The molecule has 3 aromatic rings. The molecule has 1 atom stereocenters. The topological polar surface area (TPSA) is 88.3 Å². The molecule has 1 unspecified atom stereocenters. The second kappa shape index (κ2) is 6.89. The maximum atomic E-state index is 13.0. The van der Waals surface area contributed by atoms with E-state index in [9.17, 15) is 9.59 Å². The van der Waals surface area contributed by atoms with E-state index >= 15 is 0 Å². The summed E-state index contributed by atoms with van der Waals surface area (Å²) in [6.45, 7) is 0.371. The van der Waals surface area contributed by atoms with Crippen molar-refractivity contribution in [2.75, 3.05) is 16.8 Å². The zero-order chi connectivity index (χ0) is 19.0. The van der Waals surface area contributed by atoms with Crippen LogP contribution in [0.3, 0.4) is 0 Å². The summed E-state index contributed by atoms with van der Waals surface area (Å²) in [7, 11) is 0. The number of benzene rings is 2. The van der Waals surface area contributed by atoms with Gasteiger partial charge < -0.3 is 11.1 Å². The molecule has 0 aliphatic carbocycles. The molecule has 1 aliphatic rings. The van der Waals surface area contributed by atoms with Crippen molar-refractivity contribution in [2.45, 2.75) is 12.3 Å². The van der Waals surface area contributed by atoms with Gasteiger partial charge in [0.25, 0.3) is 0 Å². The second-order valence-corrected chi connectivity index (χ2v) is 6.87. The number of hydrogen-bond acceptors (Lipinski definition) is 3. The molecule has 1 aromatic heterocycles. The van der Waals surface area contributed by atoms with Gasteiger partial charge in [0.2, 0.25) is 5.91 Å². The highest BCUT2D eigenvalue weighted by molar-refractivity contribution is 6.30. The lowest BCUT2D eigenvalue weighted by atomic mass is 9.89. The Labute approximate surface area is 160 Å². The van der Waals surface area contributed by atoms with Crippen molar-refractivity contribution in [3.8, 4) is 0 Å². The lowest BCUT2D eigenvalue weighted by Gasteiger charge is -2.32. The van der Waals surface area contributed by atoms with Crippen LogP contribution in [0.1, 0.15) is 17.9 Å². The number of carbonyl (C=O) groups excluding carboxylic acids is 2. The zero-order valence-corrected chi connectivity index (χ0v) is 15.1. The largest absolute Gasteiger partial charge is 0.351 e. The maximum absolute atomic E-state index is 13.0. The van der Waals surface area contributed by atoms with E-state index in [2.05, 4.69) is 10.3 Å². The third-order valence-electron chi connectivity index (χ3n) is 4.81. The molecule has 3 amide bonds. The highest BCUT2D eigenvalue weighted by atomic mass is 35.5. The number of urea groups is 1. The molecule has 136 valence electrons. The first kappa shape index (κ1) is 17.3. The molecule has 0 bridgehead atoms. The lowest BCUT2D eigenvalue weighted by Crippen LogP contribution is -2.42. The summed E-state index contributed by atoms with van der Waals surface area (Å²) in [4.78, 5) is 30.4. The van der Waals surface area contributed by atoms with Crippen LogP contribution in [0.2, 0.25) is 5.02 Å². The summed E-state index contributed by atoms with van der Waals surface area (Å²) in [6, 6.07) is 12.3. The van der Waals surface area contributed by atoms with Gasteiger partial charge in [0.15, 0.2) is 0 Å². The molecular weight excluding hydrogens is 364 g/mol. The van der Waals surface area contributed by atoms with Gasteiger partial charge in [-0.3, -0.25) is 14.7 Å². The predicted octanol–water partition coefficient (Wildman–Crippen LogP) is 3.90. The first-order valence-corrected chi connectivity index (χ1v) is 8.92. The summed E-state index contributed by atoms with van der Waals surface area (Å²) in [6.07, 6.45) is 3.85. The van der Waals surface area contributed by atoms with E-state index in [-0.39, 0.29) is 5.91 Å². The number of nitrogens with zero attached hydrogens (tertiary/aromatic N) is 2. The fourth-order valence-electron chi connectivity index (χ4n) is 3.52. The minimum Gasteiger partial charge on any atom is -0.351 e. The molecule has 2 aromatic carbocycles. The summed E-state index contributed by atoms with van der Waals surface area (Å²) in [5, 5.41) is 5.35. The van der Waals surface area contributed by atoms with Gasteiger partial charge in [0.05, 0.1) is 17.8 Å². The van der Waals surface area contributed by atoms with Gasteiger partial charge >= 0.3 is 6.03 Å². The average Bonchev–Trinajstić information content (AvgIpc) is 2.67. The van der Waals surface area contributed by atoms with E-state index in [0.717, 1.165) is 10.8 Å². The quantitative estimate of drug-likeness (QED) is 0.706. The van der Waals surface area contributed by atoms with Crippen LogP contribution in [0.15, 0.2) is 54.9 Å². The average molecular weight is 381 g/mol. The highest BCUT2D eigenvalue weighted by Gasteiger charge is 2.32. The Morgan fingerprint density at radius 2 is 2.00 bits per heavy atom. The van der Waals surface area contributed by atoms with Crippen molar-refractivity contribution < 1.29 is 9.59 Å². The number of halogens is 1. The maximum Gasteiger partial charge on any atom is 0.319 e. The van der Waals surface area contributed by atoms with Crippen LogP contribution in [0.5, 0.6) is 0 Å². The van der Waals surface area contributed by atoms with Crippen molar-refractivity contribution >= 4 is 45.7 Å². The smallest absolute Gasteiger partial charge is 0.319 e. The van der Waals surface area contributed by atoms with Crippen molar-refractivity contribution in [1.29, 1.82) is 0 Å². The fourth-order valence-corrected chi connectivity index (χ4v) is 3.70. The SMILES string of the molecule is NC(=O)N1CCC(C(=O)Nc2cncc3ccccc23)c2cc(Cl)ccc21. The number of carbonyl (C=O) groups is 2. The molecular formula is C20H17ClN4O2. The van der Waals surface area contributed by atoms with Gasteiger partial charge in [0.1, 0.15) is 0 Å². The molecule has 1 aliphatic heterocycles. The first-order valence-electron chi connectivity index (χ1n) is 8.54. The van der Waals surface area contributed by atoms with Crippen molar-refractivity contribution in [3.05, 3.63) is 65.4 Å². The number of nitrogens with two attached hydrogens (primary N) is 1. The van der Waals surface area contributed by atoms with E-state index in [1.165, 1.54) is 4.90 Å². The number of amides is 3. The molecule has 7 heteroatoms. The van der Waals surface area contributed by atoms with Crippen LogP contribution >= 0.6 is 11.6 Å². The van der Waals surface area contributed by atoms with Gasteiger partial charge in [0, 0.05) is 34.2 Å². The molecule has 0 radical (unpaired) electrons. The fraction of sp³-hybridized carbons (Fsp3) is 0.150. The Bertz CT molecular complexity index is 1050. The minimum absolute atomic E-state index is 0.166. The van der Waals surface area contributed by atoms with Crippen molar-refractivity contribution in [3.63, 3.8) is 0 Å². The number of hydrogen-bond donors (Lipinski definition) is 2. The van der Waals surface area contributed by atoms with E-state index in [0.29, 0.717) is 34.9 Å². The number of aromatic nitrogens is 1. The van der Waals surface area contributed by atoms with Gasteiger partial charge in [-0.1, -0.05) is 35.9 Å². The summed E-state index contributed by atoms with van der Waals surface area (Å²) in [5.74, 6) is -0.603. The Morgan fingerprint density at radius 1 is 1.19 bits per heavy atom. The molecule has 0 saturated carbocycles. The first-order chi connectivity index (χ1) is 13.0. The lowest BCUT2D eigenvalue weighted by molar-refractivity contribution is -0.117. The van der Waals surface area contributed by atoms with Crippen molar-refractivity contribution in [1.82, 2.24) is 4.98 Å². The van der Waals surface area contributed by atoms with E-state index in [1.807, 2.05) is 24.3 Å². The van der Waals surface area contributed by atoms with Gasteiger partial charge in [-0.25, -0.2) is 4.79 Å². The number of nitrogens with one attached hydrogen (secondary N) is 1. The molecule has 2 heterocycles. The van der Waals surface area contributed by atoms with Crippen LogP contribution in [0.25, 0.3) is 10.8 Å². The second-order valence-electron chi connectivity index (χ2n) is 6.43. The minimum atomic E-state index is -0.546. The third kappa shape index (κ3) is 3.19.